The van der Waals surface area contributed by atoms with Gasteiger partial charge in [0, 0.05) is 11.5 Å². The summed E-state index contributed by atoms with van der Waals surface area (Å²) >= 11 is 3.69. The van der Waals surface area contributed by atoms with E-state index in [0.717, 1.165) is 47.0 Å². The summed E-state index contributed by atoms with van der Waals surface area (Å²) in [5, 5.41) is 0. The molecule has 0 amide bonds. The molecule has 6 heteroatoms. The fourth-order valence-corrected chi connectivity index (χ4v) is 6.26. The van der Waals surface area contributed by atoms with Crippen LogP contribution in [-0.4, -0.2) is 23.4 Å². The molecule has 0 bridgehead atoms. The first-order valence-electron chi connectivity index (χ1n) is 13.8. The standard InChI is InChI=1S/C34H42O4S2/c1-33(2,31(35)37-23-27-11-7-5-8-12-27)19-21-39-25-29-15-17-30(18-16-29)26-40-22-20-34(3,4)32(36)38-24-28-13-9-6-10-14-28/h5-18H,19-26H2,1-4H3. The Bertz CT molecular complexity index is 1080. The van der Waals surface area contributed by atoms with Gasteiger partial charge in [-0.1, -0.05) is 84.9 Å². The first-order chi connectivity index (χ1) is 19.2. The highest BCUT2D eigenvalue weighted by Crippen LogP contribution is 2.28. The molecule has 0 aliphatic carbocycles. The molecular weight excluding hydrogens is 537 g/mol. The van der Waals surface area contributed by atoms with Gasteiger partial charge in [0.1, 0.15) is 13.2 Å². The summed E-state index contributed by atoms with van der Waals surface area (Å²) in [4.78, 5) is 25.1. The molecule has 4 nitrogen and oxygen atoms in total. The number of hydrogen-bond acceptors (Lipinski definition) is 6. The first kappa shape index (κ1) is 31.8. The summed E-state index contributed by atoms with van der Waals surface area (Å²) in [7, 11) is 0. The van der Waals surface area contributed by atoms with Crippen molar-refractivity contribution in [2.75, 3.05) is 11.5 Å². The lowest BCUT2D eigenvalue weighted by Crippen LogP contribution is -2.27. The lowest BCUT2D eigenvalue weighted by atomic mass is 9.90. The summed E-state index contributed by atoms with van der Waals surface area (Å²) in [6.07, 6.45) is 1.55. The monoisotopic (exact) mass is 578 g/mol. The van der Waals surface area contributed by atoms with Gasteiger partial charge in [-0.3, -0.25) is 9.59 Å². The highest BCUT2D eigenvalue weighted by Gasteiger charge is 2.29. The normalized spacial score (nSPS) is 11.7. The van der Waals surface area contributed by atoms with Crippen LogP contribution in [0.15, 0.2) is 84.9 Å². The minimum absolute atomic E-state index is 0.147. The molecule has 0 radical (unpaired) electrons. The third kappa shape index (κ3) is 11.1. The van der Waals surface area contributed by atoms with Gasteiger partial charge in [-0.15, -0.1) is 0 Å². The summed E-state index contributed by atoms with van der Waals surface area (Å²) in [5.41, 5.74) is 3.57. The second-order valence-electron chi connectivity index (χ2n) is 11.3. The molecular formula is C34H42O4S2. The maximum Gasteiger partial charge on any atom is 0.311 e. The van der Waals surface area contributed by atoms with Gasteiger partial charge < -0.3 is 9.47 Å². The molecule has 0 unspecified atom stereocenters. The van der Waals surface area contributed by atoms with Crippen LogP contribution < -0.4 is 0 Å². The van der Waals surface area contributed by atoms with Crippen LogP contribution in [0.25, 0.3) is 0 Å². The average Bonchev–Trinajstić information content (AvgIpc) is 2.96. The van der Waals surface area contributed by atoms with E-state index < -0.39 is 10.8 Å². The quantitative estimate of drug-likeness (QED) is 0.126. The van der Waals surface area contributed by atoms with E-state index in [9.17, 15) is 9.59 Å². The predicted octanol–water partition coefficient (Wildman–Crippen LogP) is 8.47. The Hall–Kier alpha value is -2.70. The van der Waals surface area contributed by atoms with Gasteiger partial charge in [0.15, 0.2) is 0 Å². The maximum atomic E-state index is 12.6. The van der Waals surface area contributed by atoms with Crippen molar-refractivity contribution in [3.05, 3.63) is 107 Å². The second kappa shape index (κ2) is 15.9. The summed E-state index contributed by atoms with van der Waals surface area (Å²) in [6.45, 7) is 8.48. The predicted molar refractivity (Wildman–Crippen MR) is 168 cm³/mol. The zero-order valence-corrected chi connectivity index (χ0v) is 25.8. The molecule has 40 heavy (non-hydrogen) atoms. The molecule has 0 atom stereocenters. The summed E-state index contributed by atoms with van der Waals surface area (Å²) in [5.74, 6) is 3.34. The number of thioether (sulfide) groups is 2. The largest absolute Gasteiger partial charge is 0.460 e. The van der Waals surface area contributed by atoms with Gasteiger partial charge in [0.25, 0.3) is 0 Å². The van der Waals surface area contributed by atoms with Crippen LogP contribution in [0.5, 0.6) is 0 Å². The van der Waals surface area contributed by atoms with Crippen LogP contribution in [0.2, 0.25) is 0 Å². The molecule has 0 aliphatic rings. The van der Waals surface area contributed by atoms with Crippen molar-refractivity contribution in [3.8, 4) is 0 Å². The molecule has 3 rings (SSSR count). The third-order valence-electron chi connectivity index (χ3n) is 6.83. The van der Waals surface area contributed by atoms with E-state index in [0.29, 0.717) is 13.2 Å². The Morgan fingerprint density at radius 3 is 1.25 bits per heavy atom. The smallest absolute Gasteiger partial charge is 0.311 e. The molecule has 0 heterocycles. The third-order valence-corrected chi connectivity index (χ3v) is 8.89. The zero-order valence-electron chi connectivity index (χ0n) is 24.2. The van der Waals surface area contributed by atoms with Gasteiger partial charge in [-0.2, -0.15) is 23.5 Å². The number of ether oxygens (including phenoxy) is 2. The van der Waals surface area contributed by atoms with Gasteiger partial charge in [0.05, 0.1) is 10.8 Å². The Kier molecular flexibility index (Phi) is 12.7. The van der Waals surface area contributed by atoms with E-state index in [2.05, 4.69) is 24.3 Å². The van der Waals surface area contributed by atoms with Crippen LogP contribution in [0.4, 0.5) is 0 Å². The molecule has 214 valence electrons. The van der Waals surface area contributed by atoms with Crippen molar-refractivity contribution in [2.45, 2.75) is 65.3 Å². The molecule has 0 N–H and O–H groups in total. The average molecular weight is 579 g/mol. The maximum absolute atomic E-state index is 12.6. The Balaban J connectivity index is 1.29. The van der Waals surface area contributed by atoms with Crippen LogP contribution in [0.1, 0.15) is 62.8 Å². The fraction of sp³-hybridized carbons (Fsp3) is 0.412. The minimum Gasteiger partial charge on any atom is -0.460 e. The van der Waals surface area contributed by atoms with Crippen molar-refractivity contribution in [1.82, 2.24) is 0 Å². The van der Waals surface area contributed by atoms with Crippen LogP contribution >= 0.6 is 23.5 Å². The van der Waals surface area contributed by atoms with Crippen molar-refractivity contribution in [1.29, 1.82) is 0 Å². The lowest BCUT2D eigenvalue weighted by Gasteiger charge is -2.22. The molecule has 0 saturated carbocycles. The van der Waals surface area contributed by atoms with Gasteiger partial charge >= 0.3 is 11.9 Å². The minimum atomic E-state index is -0.504. The number of esters is 2. The SMILES string of the molecule is CC(C)(CCSCc1ccc(CSCCC(C)(C)C(=O)OCc2ccccc2)cc1)C(=O)OCc1ccccc1. The molecule has 0 fully saturated rings. The van der Waals surface area contributed by atoms with E-state index in [1.54, 1.807) is 0 Å². The van der Waals surface area contributed by atoms with Crippen LogP contribution in [0.3, 0.4) is 0 Å². The number of rotatable bonds is 16. The lowest BCUT2D eigenvalue weighted by molar-refractivity contribution is -0.156. The number of carbonyl (C=O) groups excluding carboxylic acids is 2. The van der Waals surface area contributed by atoms with Crippen LogP contribution in [-0.2, 0) is 43.8 Å². The Morgan fingerprint density at radius 1 is 0.550 bits per heavy atom. The topological polar surface area (TPSA) is 52.6 Å². The number of carbonyl (C=O) groups is 2. The Morgan fingerprint density at radius 2 is 0.900 bits per heavy atom. The van der Waals surface area contributed by atoms with E-state index in [-0.39, 0.29) is 11.9 Å². The molecule has 3 aromatic carbocycles. The van der Waals surface area contributed by atoms with E-state index >= 15 is 0 Å². The van der Waals surface area contributed by atoms with Crippen molar-refractivity contribution < 1.29 is 19.1 Å². The van der Waals surface area contributed by atoms with Crippen molar-refractivity contribution >= 4 is 35.5 Å². The summed E-state index contributed by atoms with van der Waals surface area (Å²) in [6, 6.07) is 28.3. The van der Waals surface area contributed by atoms with E-state index in [1.807, 2.05) is 112 Å². The van der Waals surface area contributed by atoms with E-state index in [1.165, 1.54) is 11.1 Å². The zero-order chi connectivity index (χ0) is 28.8. The highest BCUT2D eigenvalue weighted by molar-refractivity contribution is 7.98. The molecule has 0 aromatic heterocycles. The molecule has 0 aliphatic heterocycles. The molecule has 0 saturated heterocycles. The highest BCUT2D eigenvalue weighted by atomic mass is 32.2. The van der Waals surface area contributed by atoms with Gasteiger partial charge in [0.2, 0.25) is 0 Å². The second-order valence-corrected chi connectivity index (χ2v) is 13.5. The first-order valence-corrected chi connectivity index (χ1v) is 16.1. The fourth-order valence-electron chi connectivity index (χ4n) is 3.81. The summed E-state index contributed by atoms with van der Waals surface area (Å²) < 4.78 is 11.1. The van der Waals surface area contributed by atoms with Crippen LogP contribution in [0, 0.1) is 10.8 Å². The van der Waals surface area contributed by atoms with Crippen molar-refractivity contribution in [3.63, 3.8) is 0 Å². The Labute approximate surface area is 248 Å². The number of benzene rings is 3. The number of hydrogen-bond donors (Lipinski definition) is 0. The molecule has 0 spiro atoms. The van der Waals surface area contributed by atoms with E-state index in [4.69, 9.17) is 9.47 Å². The molecule has 3 aromatic rings. The van der Waals surface area contributed by atoms with Gasteiger partial charge in [-0.25, -0.2) is 0 Å². The van der Waals surface area contributed by atoms with Gasteiger partial charge in [-0.05, 0) is 74.3 Å². The van der Waals surface area contributed by atoms with Crippen molar-refractivity contribution in [2.24, 2.45) is 10.8 Å².